The van der Waals surface area contributed by atoms with E-state index in [4.69, 9.17) is 5.73 Å². The molecule has 0 atom stereocenters. The molecule has 0 spiro atoms. The summed E-state index contributed by atoms with van der Waals surface area (Å²) in [5.41, 5.74) is 8.95. The van der Waals surface area contributed by atoms with Gasteiger partial charge in [0.25, 0.3) is 0 Å². The highest BCUT2D eigenvalue weighted by molar-refractivity contribution is 8.01. The molecular weight excluding hydrogens is 397 g/mol. The standard InChI is InChI=1S/C20H20FN3O2S2/c1-11-7-16(13(3)24(11)15-6-4-5-14(21)8-15)17(25)10-27-20-23-12(2)18(28-20)9-19(22)26/h4-8H,9-10H2,1-3H3,(H2,22,26). The Balaban J connectivity index is 1.77. The van der Waals surface area contributed by atoms with Gasteiger partial charge in [0, 0.05) is 27.5 Å². The van der Waals surface area contributed by atoms with Crippen molar-refractivity contribution >= 4 is 34.8 Å². The molecule has 8 heteroatoms. The molecule has 1 aromatic carbocycles. The average molecular weight is 418 g/mol. The van der Waals surface area contributed by atoms with E-state index in [0.29, 0.717) is 11.3 Å². The van der Waals surface area contributed by atoms with Gasteiger partial charge in [-0.05, 0) is 45.0 Å². The Hall–Kier alpha value is -2.45. The van der Waals surface area contributed by atoms with E-state index in [2.05, 4.69) is 4.98 Å². The molecule has 0 unspecified atom stereocenters. The molecule has 2 aromatic heterocycles. The number of halogens is 1. The fourth-order valence-electron chi connectivity index (χ4n) is 3.05. The number of benzene rings is 1. The predicted octanol–water partition coefficient (Wildman–Crippen LogP) is 4.00. The van der Waals surface area contributed by atoms with Crippen LogP contribution in [0.15, 0.2) is 34.7 Å². The molecule has 0 saturated heterocycles. The smallest absolute Gasteiger partial charge is 0.222 e. The van der Waals surface area contributed by atoms with Crippen LogP contribution in [-0.2, 0) is 11.2 Å². The number of rotatable bonds is 7. The van der Waals surface area contributed by atoms with Crippen LogP contribution in [0.3, 0.4) is 0 Å². The van der Waals surface area contributed by atoms with Crippen LogP contribution in [0.25, 0.3) is 5.69 Å². The van der Waals surface area contributed by atoms with E-state index in [1.165, 1.54) is 35.2 Å². The van der Waals surface area contributed by atoms with Crippen molar-refractivity contribution in [1.29, 1.82) is 0 Å². The van der Waals surface area contributed by atoms with E-state index >= 15 is 0 Å². The molecule has 3 rings (SSSR count). The molecule has 1 amide bonds. The lowest BCUT2D eigenvalue weighted by molar-refractivity contribution is -0.117. The molecule has 146 valence electrons. The van der Waals surface area contributed by atoms with Crippen molar-refractivity contribution in [3.05, 3.63) is 63.7 Å². The summed E-state index contributed by atoms with van der Waals surface area (Å²) in [5.74, 6) is -0.510. The third kappa shape index (κ3) is 4.34. The molecule has 0 fully saturated rings. The van der Waals surface area contributed by atoms with Crippen molar-refractivity contribution in [3.63, 3.8) is 0 Å². The van der Waals surface area contributed by atoms with Gasteiger partial charge in [-0.15, -0.1) is 11.3 Å². The second kappa shape index (κ2) is 8.28. The van der Waals surface area contributed by atoms with Crippen molar-refractivity contribution in [1.82, 2.24) is 9.55 Å². The number of Topliss-reactive ketones (excluding diaryl/α,β-unsaturated/α-hetero) is 1. The maximum atomic E-state index is 13.6. The number of thioether (sulfide) groups is 1. The Morgan fingerprint density at radius 1 is 1.25 bits per heavy atom. The van der Waals surface area contributed by atoms with Crippen LogP contribution >= 0.6 is 23.1 Å². The summed E-state index contributed by atoms with van der Waals surface area (Å²) in [4.78, 5) is 29.1. The van der Waals surface area contributed by atoms with Gasteiger partial charge in [0.1, 0.15) is 5.82 Å². The van der Waals surface area contributed by atoms with Crippen LogP contribution in [0.2, 0.25) is 0 Å². The predicted molar refractivity (Wildman–Crippen MR) is 110 cm³/mol. The molecule has 28 heavy (non-hydrogen) atoms. The first-order valence-corrected chi connectivity index (χ1v) is 10.4. The second-order valence-electron chi connectivity index (χ2n) is 6.44. The third-order valence-electron chi connectivity index (χ3n) is 4.33. The van der Waals surface area contributed by atoms with Gasteiger partial charge >= 0.3 is 0 Å². The zero-order valence-corrected chi connectivity index (χ0v) is 17.4. The lowest BCUT2D eigenvalue weighted by Crippen LogP contribution is -2.13. The Labute approximate surface area is 170 Å². The lowest BCUT2D eigenvalue weighted by atomic mass is 10.2. The number of ketones is 1. The molecule has 2 N–H and O–H groups in total. The molecule has 5 nitrogen and oxygen atoms in total. The van der Waals surface area contributed by atoms with E-state index in [0.717, 1.165) is 26.3 Å². The Kier molecular flexibility index (Phi) is 6.00. The first-order chi connectivity index (χ1) is 13.3. The molecule has 3 aromatic rings. The monoisotopic (exact) mass is 417 g/mol. The van der Waals surface area contributed by atoms with Crippen LogP contribution in [0.4, 0.5) is 4.39 Å². The van der Waals surface area contributed by atoms with Gasteiger partial charge in [-0.25, -0.2) is 9.37 Å². The topological polar surface area (TPSA) is 78.0 Å². The molecule has 2 heterocycles. The molecule has 0 radical (unpaired) electrons. The van der Waals surface area contributed by atoms with Gasteiger partial charge in [-0.3, -0.25) is 9.59 Å². The first-order valence-electron chi connectivity index (χ1n) is 8.61. The molecule has 0 aliphatic rings. The number of primary amides is 1. The fraction of sp³-hybridized carbons (Fsp3) is 0.250. The zero-order chi connectivity index (χ0) is 20.4. The molecule has 0 bridgehead atoms. The first kappa shape index (κ1) is 20.3. The van der Waals surface area contributed by atoms with Crippen LogP contribution < -0.4 is 5.73 Å². The fourth-order valence-corrected chi connectivity index (χ4v) is 5.17. The summed E-state index contributed by atoms with van der Waals surface area (Å²) in [5, 5.41) is 0. The highest BCUT2D eigenvalue weighted by atomic mass is 32.2. The summed E-state index contributed by atoms with van der Waals surface area (Å²) < 4.78 is 16.2. The number of nitrogens with two attached hydrogens (primary N) is 1. The van der Waals surface area contributed by atoms with Crippen molar-refractivity contribution in [2.45, 2.75) is 31.5 Å². The highest BCUT2D eigenvalue weighted by Gasteiger charge is 2.18. The van der Waals surface area contributed by atoms with Crippen molar-refractivity contribution in [2.24, 2.45) is 5.73 Å². The highest BCUT2D eigenvalue weighted by Crippen LogP contribution is 2.29. The van der Waals surface area contributed by atoms with E-state index < -0.39 is 5.91 Å². The van der Waals surface area contributed by atoms with Gasteiger partial charge in [0.2, 0.25) is 5.91 Å². The number of carbonyl (C=O) groups excluding carboxylic acids is 2. The number of thiazole rings is 1. The molecule has 0 aliphatic carbocycles. The van der Waals surface area contributed by atoms with Crippen molar-refractivity contribution < 1.29 is 14.0 Å². The summed E-state index contributed by atoms with van der Waals surface area (Å²) >= 11 is 2.73. The van der Waals surface area contributed by atoms with Crippen molar-refractivity contribution in [3.8, 4) is 5.69 Å². The second-order valence-corrected chi connectivity index (χ2v) is 8.75. The summed E-state index contributed by atoms with van der Waals surface area (Å²) in [6.45, 7) is 5.57. The maximum absolute atomic E-state index is 13.6. The van der Waals surface area contributed by atoms with Crippen molar-refractivity contribution in [2.75, 3.05) is 5.75 Å². The van der Waals surface area contributed by atoms with Crippen LogP contribution in [-0.4, -0.2) is 27.0 Å². The van der Waals surface area contributed by atoms with Crippen LogP contribution in [0, 0.1) is 26.6 Å². The molecular formula is C20H20FN3O2S2. The number of aromatic nitrogens is 2. The summed E-state index contributed by atoms with van der Waals surface area (Å²) in [7, 11) is 0. The molecule has 0 saturated carbocycles. The maximum Gasteiger partial charge on any atom is 0.222 e. The Morgan fingerprint density at radius 2 is 2.00 bits per heavy atom. The third-order valence-corrected chi connectivity index (χ3v) is 6.63. The Bertz CT molecular complexity index is 1060. The lowest BCUT2D eigenvalue weighted by Gasteiger charge is -2.09. The van der Waals surface area contributed by atoms with Gasteiger partial charge in [0.15, 0.2) is 10.1 Å². The zero-order valence-electron chi connectivity index (χ0n) is 15.8. The van der Waals surface area contributed by atoms with Gasteiger partial charge in [-0.1, -0.05) is 17.8 Å². The van der Waals surface area contributed by atoms with E-state index in [9.17, 15) is 14.0 Å². The van der Waals surface area contributed by atoms with E-state index in [1.54, 1.807) is 6.07 Å². The summed E-state index contributed by atoms with van der Waals surface area (Å²) in [6, 6.07) is 8.12. The quantitative estimate of drug-likeness (QED) is 0.466. The molecule has 0 aliphatic heterocycles. The number of hydrogen-bond acceptors (Lipinski definition) is 5. The number of nitrogens with zero attached hydrogens (tertiary/aromatic N) is 2. The minimum absolute atomic E-state index is 0.0231. The summed E-state index contributed by atoms with van der Waals surface area (Å²) in [6.07, 6.45) is 0.160. The van der Waals surface area contributed by atoms with Crippen LogP contribution in [0.5, 0.6) is 0 Å². The minimum atomic E-state index is -0.399. The normalized spacial score (nSPS) is 11.0. The van der Waals surface area contributed by atoms with E-state index in [1.807, 2.05) is 37.5 Å². The van der Waals surface area contributed by atoms with Gasteiger partial charge in [-0.2, -0.15) is 0 Å². The average Bonchev–Trinajstić information content (AvgIpc) is 3.11. The SMILES string of the molecule is Cc1nc(SCC(=O)c2cc(C)n(-c3cccc(F)c3)c2C)sc1CC(N)=O. The van der Waals surface area contributed by atoms with Crippen LogP contribution in [0.1, 0.15) is 32.3 Å². The Morgan fingerprint density at radius 3 is 2.68 bits per heavy atom. The number of aryl methyl sites for hydroxylation is 2. The number of amides is 1. The largest absolute Gasteiger partial charge is 0.369 e. The number of carbonyl (C=O) groups is 2. The van der Waals surface area contributed by atoms with E-state index in [-0.39, 0.29) is 23.8 Å². The van der Waals surface area contributed by atoms with Gasteiger partial charge in [0.05, 0.1) is 17.9 Å². The number of hydrogen-bond donors (Lipinski definition) is 1. The minimum Gasteiger partial charge on any atom is -0.369 e. The van der Waals surface area contributed by atoms with Gasteiger partial charge < -0.3 is 10.3 Å².